The summed E-state index contributed by atoms with van der Waals surface area (Å²) in [6.07, 6.45) is 0. The molecule has 7 nitrogen and oxygen atoms in total. The van der Waals surface area contributed by atoms with E-state index in [4.69, 9.17) is 23.7 Å². The third-order valence-corrected chi connectivity index (χ3v) is 4.49. The van der Waals surface area contributed by atoms with Crippen molar-refractivity contribution in [1.29, 1.82) is 0 Å². The number of ketones is 1. The number of hydrogen-bond acceptors (Lipinski definition) is 7. The molecule has 1 N–H and O–H groups in total. The molecule has 2 aromatic rings. The molecule has 1 aliphatic heterocycles. The number of carbonyl (C=O) groups is 1. The van der Waals surface area contributed by atoms with Gasteiger partial charge in [0.05, 0.1) is 19.8 Å². The fourth-order valence-electron chi connectivity index (χ4n) is 3.05. The Morgan fingerprint density at radius 2 is 1.50 bits per heavy atom. The van der Waals surface area contributed by atoms with Gasteiger partial charge in [-0.3, -0.25) is 4.79 Å². The van der Waals surface area contributed by atoms with Crippen molar-refractivity contribution in [3.63, 3.8) is 0 Å². The zero-order chi connectivity index (χ0) is 18.9. The van der Waals surface area contributed by atoms with Crippen LogP contribution in [-0.4, -0.2) is 45.1 Å². The lowest BCUT2D eigenvalue weighted by Gasteiger charge is -2.46. The van der Waals surface area contributed by atoms with Crippen molar-refractivity contribution in [1.82, 2.24) is 0 Å². The predicted octanol–water partition coefficient (Wildman–Crippen LogP) is 2.11. The first-order chi connectivity index (χ1) is 12.5. The topological polar surface area (TPSA) is 83.5 Å². The Morgan fingerprint density at radius 1 is 0.885 bits per heavy atom. The summed E-state index contributed by atoms with van der Waals surface area (Å²) >= 11 is 0. The highest BCUT2D eigenvalue weighted by atomic mass is 16.8. The van der Waals surface area contributed by atoms with E-state index in [1.165, 1.54) is 34.5 Å². The summed E-state index contributed by atoms with van der Waals surface area (Å²) in [4.78, 5) is 13.0. The van der Waals surface area contributed by atoms with Gasteiger partial charge in [0, 0.05) is 25.8 Å². The van der Waals surface area contributed by atoms with E-state index in [-0.39, 0.29) is 11.3 Å². The van der Waals surface area contributed by atoms with Gasteiger partial charge in [0.25, 0.3) is 5.79 Å². The molecule has 3 rings (SSSR count). The van der Waals surface area contributed by atoms with Crippen molar-refractivity contribution in [3.8, 4) is 17.2 Å². The molecular formula is C19H20O7. The summed E-state index contributed by atoms with van der Waals surface area (Å²) in [5, 5.41) is 11.1. The fraction of sp³-hybridized carbons (Fsp3) is 0.316. The molecule has 2 unspecified atom stereocenters. The maximum absolute atomic E-state index is 13.0. The van der Waals surface area contributed by atoms with Crippen molar-refractivity contribution in [3.05, 3.63) is 53.6 Å². The molecule has 0 saturated carbocycles. The average Bonchev–Trinajstić information content (AvgIpc) is 2.70. The lowest BCUT2D eigenvalue weighted by Crippen LogP contribution is -2.64. The Bertz CT molecular complexity index is 817. The zero-order valence-electron chi connectivity index (χ0n) is 14.9. The minimum atomic E-state index is -2.39. The summed E-state index contributed by atoms with van der Waals surface area (Å²) < 4.78 is 27.1. The lowest BCUT2D eigenvalue weighted by molar-refractivity contribution is -0.346. The summed E-state index contributed by atoms with van der Waals surface area (Å²) in [5.74, 6) is -3.66. The number of aliphatic hydroxyl groups is 1. The first-order valence-electron chi connectivity index (χ1n) is 7.84. The van der Waals surface area contributed by atoms with Crippen LogP contribution < -0.4 is 14.2 Å². The van der Waals surface area contributed by atoms with E-state index in [0.29, 0.717) is 17.1 Å². The number of rotatable bonds is 5. The first kappa shape index (κ1) is 18.2. The van der Waals surface area contributed by atoms with Gasteiger partial charge >= 0.3 is 5.79 Å². The summed E-state index contributed by atoms with van der Waals surface area (Å²) in [6, 6.07) is 11.3. The number of methoxy groups -OCH3 is 4. The second-order valence-corrected chi connectivity index (χ2v) is 5.69. The number of fused-ring (bicyclic) bond motifs is 1. The first-order valence-corrected chi connectivity index (χ1v) is 7.84. The van der Waals surface area contributed by atoms with Crippen LogP contribution in [0.15, 0.2) is 42.5 Å². The van der Waals surface area contributed by atoms with Crippen LogP contribution in [0.4, 0.5) is 0 Å². The van der Waals surface area contributed by atoms with Crippen molar-refractivity contribution in [2.24, 2.45) is 0 Å². The Kier molecular flexibility index (Phi) is 4.62. The van der Waals surface area contributed by atoms with Gasteiger partial charge in [0.15, 0.2) is 0 Å². The van der Waals surface area contributed by atoms with Gasteiger partial charge in [-0.15, -0.1) is 0 Å². The van der Waals surface area contributed by atoms with Crippen LogP contribution in [0.3, 0.4) is 0 Å². The monoisotopic (exact) mass is 360 g/mol. The Hall–Kier alpha value is -2.61. The van der Waals surface area contributed by atoms with Crippen LogP contribution in [0.2, 0.25) is 0 Å². The van der Waals surface area contributed by atoms with Crippen molar-refractivity contribution >= 4 is 5.78 Å². The highest BCUT2D eigenvalue weighted by molar-refractivity contribution is 6.05. The smallest absolute Gasteiger partial charge is 0.304 e. The number of benzene rings is 2. The van der Waals surface area contributed by atoms with Gasteiger partial charge in [-0.2, -0.15) is 0 Å². The number of carbonyl (C=O) groups excluding carboxylic acids is 1. The Balaban J connectivity index is 2.22. The quantitative estimate of drug-likeness (QED) is 0.818. The van der Waals surface area contributed by atoms with Crippen LogP contribution >= 0.6 is 0 Å². The molecule has 7 heteroatoms. The summed E-state index contributed by atoms with van der Waals surface area (Å²) in [6.45, 7) is 0. The van der Waals surface area contributed by atoms with E-state index in [9.17, 15) is 9.90 Å². The van der Waals surface area contributed by atoms with E-state index in [0.717, 1.165) is 0 Å². The third-order valence-electron chi connectivity index (χ3n) is 4.49. The molecule has 1 aliphatic rings. The van der Waals surface area contributed by atoms with E-state index in [1.807, 2.05) is 0 Å². The van der Waals surface area contributed by atoms with Crippen LogP contribution in [0.5, 0.6) is 17.2 Å². The molecule has 0 radical (unpaired) electrons. The molecule has 0 aromatic heterocycles. The maximum atomic E-state index is 13.0. The minimum Gasteiger partial charge on any atom is -0.497 e. The molecule has 0 fully saturated rings. The van der Waals surface area contributed by atoms with E-state index >= 15 is 0 Å². The highest BCUT2D eigenvalue weighted by Crippen LogP contribution is 2.47. The molecule has 26 heavy (non-hydrogen) atoms. The average molecular weight is 360 g/mol. The van der Waals surface area contributed by atoms with Crippen LogP contribution in [0, 0.1) is 0 Å². The van der Waals surface area contributed by atoms with Gasteiger partial charge in [-0.1, -0.05) is 0 Å². The van der Waals surface area contributed by atoms with Crippen molar-refractivity contribution in [2.45, 2.75) is 11.6 Å². The minimum absolute atomic E-state index is 0.163. The number of Topliss-reactive ketones (excluding diaryl/α,β-unsaturated/α-hetero) is 1. The predicted molar refractivity (Wildman–Crippen MR) is 91.6 cm³/mol. The molecule has 0 bridgehead atoms. The second-order valence-electron chi connectivity index (χ2n) is 5.69. The molecule has 0 amide bonds. The zero-order valence-corrected chi connectivity index (χ0v) is 14.9. The van der Waals surface area contributed by atoms with Crippen molar-refractivity contribution in [2.75, 3.05) is 28.4 Å². The van der Waals surface area contributed by atoms with Gasteiger partial charge in [-0.25, -0.2) is 0 Å². The SMILES string of the molecule is COc1ccc(C2(OC)Oc3cc(OC)ccc3C(=O)C2(O)OC)cc1. The maximum Gasteiger partial charge on any atom is 0.304 e. The Labute approximate surface area is 151 Å². The van der Waals surface area contributed by atoms with E-state index in [2.05, 4.69) is 0 Å². The number of ether oxygens (including phenoxy) is 5. The molecular weight excluding hydrogens is 340 g/mol. The molecule has 2 aromatic carbocycles. The number of hydrogen-bond donors (Lipinski definition) is 1. The standard InChI is InChI=1S/C19H20O7/c1-22-13-7-5-12(6-8-13)19(25-4)18(21,24-3)17(20)15-10-9-14(23-2)11-16(15)26-19/h5-11,21H,1-4H3. The van der Waals surface area contributed by atoms with Crippen molar-refractivity contribution < 1.29 is 33.6 Å². The lowest BCUT2D eigenvalue weighted by atomic mass is 9.86. The molecule has 0 saturated heterocycles. The molecule has 138 valence electrons. The van der Waals surface area contributed by atoms with Gasteiger partial charge < -0.3 is 28.8 Å². The van der Waals surface area contributed by atoms with Crippen LogP contribution in [-0.2, 0) is 15.3 Å². The van der Waals surface area contributed by atoms with Gasteiger partial charge in [0.2, 0.25) is 5.78 Å². The molecule has 0 spiro atoms. The highest BCUT2D eigenvalue weighted by Gasteiger charge is 2.64. The van der Waals surface area contributed by atoms with Crippen LogP contribution in [0.1, 0.15) is 15.9 Å². The second kappa shape index (κ2) is 6.60. The Morgan fingerprint density at radius 3 is 2.04 bits per heavy atom. The largest absolute Gasteiger partial charge is 0.497 e. The summed E-state index contributed by atoms with van der Waals surface area (Å²) in [5.41, 5.74) is 0.545. The molecule has 1 heterocycles. The third kappa shape index (κ3) is 2.44. The van der Waals surface area contributed by atoms with E-state index in [1.54, 1.807) is 36.4 Å². The van der Waals surface area contributed by atoms with Gasteiger partial charge in [0.1, 0.15) is 17.2 Å². The summed E-state index contributed by atoms with van der Waals surface area (Å²) in [7, 11) is 5.58. The fourth-order valence-corrected chi connectivity index (χ4v) is 3.05. The molecule has 0 aliphatic carbocycles. The molecule has 2 atom stereocenters. The van der Waals surface area contributed by atoms with Crippen LogP contribution in [0.25, 0.3) is 0 Å². The van der Waals surface area contributed by atoms with E-state index < -0.39 is 17.4 Å². The normalized spacial score (nSPS) is 24.6. The van der Waals surface area contributed by atoms with Gasteiger partial charge in [-0.05, 0) is 36.4 Å².